The number of hydrogen-bond acceptors (Lipinski definition) is 1. The molecule has 2 rings (SSSR count). The first-order valence-electron chi connectivity index (χ1n) is 5.37. The Morgan fingerprint density at radius 2 is 2.19 bits per heavy atom. The summed E-state index contributed by atoms with van der Waals surface area (Å²) >= 11 is 3.62. The van der Waals surface area contributed by atoms with Crippen LogP contribution in [0.15, 0.2) is 23.2 Å². The van der Waals surface area contributed by atoms with Crippen molar-refractivity contribution in [2.75, 3.05) is 5.32 Å². The van der Waals surface area contributed by atoms with E-state index in [1.165, 1.54) is 27.2 Å². The van der Waals surface area contributed by atoms with Gasteiger partial charge >= 0.3 is 0 Å². The van der Waals surface area contributed by atoms with E-state index in [1.54, 1.807) is 0 Å². The molecule has 16 heavy (non-hydrogen) atoms. The van der Waals surface area contributed by atoms with Gasteiger partial charge in [0.05, 0.1) is 0 Å². The lowest BCUT2D eigenvalue weighted by molar-refractivity contribution is -0.111. The van der Waals surface area contributed by atoms with Gasteiger partial charge in [0.1, 0.15) is 0 Å². The predicted molar refractivity (Wildman–Crippen MR) is 69.7 cm³/mol. The number of fused-ring (bicyclic) bond motifs is 1. The lowest BCUT2D eigenvalue weighted by Crippen LogP contribution is -2.10. The second-order valence-electron chi connectivity index (χ2n) is 4.06. The number of carbonyl (C=O) groups excluding carboxylic acids is 1. The van der Waals surface area contributed by atoms with Gasteiger partial charge in [0, 0.05) is 10.2 Å². The van der Waals surface area contributed by atoms with E-state index in [0.29, 0.717) is 0 Å². The lowest BCUT2D eigenvalue weighted by atomic mass is 10.0. The van der Waals surface area contributed by atoms with Crippen LogP contribution in [0, 0.1) is 6.92 Å². The number of nitrogens with one attached hydrogen (secondary N) is 1. The molecule has 0 saturated heterocycles. The summed E-state index contributed by atoms with van der Waals surface area (Å²) in [4.78, 5) is 11.3. The number of benzene rings is 1. The number of amides is 1. The predicted octanol–water partition coefficient (Wildman–Crippen LogP) is 3.37. The quantitative estimate of drug-likeness (QED) is 0.827. The van der Waals surface area contributed by atoms with E-state index in [9.17, 15) is 4.79 Å². The zero-order valence-electron chi connectivity index (χ0n) is 9.27. The zero-order chi connectivity index (χ0) is 11.7. The van der Waals surface area contributed by atoms with Gasteiger partial charge in [0.2, 0.25) is 5.91 Å². The number of aryl methyl sites for hydroxylation is 1. The maximum Gasteiger partial charge on any atom is 0.247 e. The van der Waals surface area contributed by atoms with E-state index in [0.717, 1.165) is 24.9 Å². The minimum absolute atomic E-state index is 0.143. The van der Waals surface area contributed by atoms with Crippen LogP contribution >= 0.6 is 15.9 Å². The van der Waals surface area contributed by atoms with Crippen LogP contribution in [0.25, 0.3) is 0 Å². The normalized spacial score (nSPS) is 13.4. The second kappa shape index (κ2) is 4.42. The largest absolute Gasteiger partial charge is 0.322 e. The topological polar surface area (TPSA) is 29.1 Å². The van der Waals surface area contributed by atoms with Crippen LogP contribution in [0.2, 0.25) is 0 Å². The molecule has 0 bridgehead atoms. The summed E-state index contributed by atoms with van der Waals surface area (Å²) in [5, 5.41) is 2.88. The Morgan fingerprint density at radius 1 is 1.50 bits per heavy atom. The molecule has 2 nitrogen and oxygen atoms in total. The molecule has 0 heterocycles. The van der Waals surface area contributed by atoms with Crippen LogP contribution in [-0.2, 0) is 17.6 Å². The van der Waals surface area contributed by atoms with Gasteiger partial charge in [0.25, 0.3) is 0 Å². The first kappa shape index (κ1) is 11.4. The second-order valence-corrected chi connectivity index (χ2v) is 4.85. The molecule has 1 aliphatic rings. The summed E-state index contributed by atoms with van der Waals surface area (Å²) < 4.78 is 1.19. The van der Waals surface area contributed by atoms with Crippen molar-refractivity contribution >= 4 is 27.5 Å². The highest BCUT2D eigenvalue weighted by Gasteiger charge is 2.19. The molecule has 1 N–H and O–H groups in total. The first-order chi connectivity index (χ1) is 7.63. The molecule has 0 spiro atoms. The van der Waals surface area contributed by atoms with E-state index in [-0.39, 0.29) is 5.91 Å². The molecule has 0 saturated carbocycles. The summed E-state index contributed by atoms with van der Waals surface area (Å²) in [5.41, 5.74) is 4.73. The Labute approximate surface area is 104 Å². The van der Waals surface area contributed by atoms with Crippen molar-refractivity contribution in [2.24, 2.45) is 0 Å². The number of rotatable bonds is 2. The summed E-state index contributed by atoms with van der Waals surface area (Å²) in [6.45, 7) is 5.52. The Hall–Kier alpha value is -1.09. The third-order valence-electron chi connectivity index (χ3n) is 2.96. The van der Waals surface area contributed by atoms with Crippen LogP contribution in [0.3, 0.4) is 0 Å². The van der Waals surface area contributed by atoms with Crippen molar-refractivity contribution in [1.82, 2.24) is 0 Å². The fourth-order valence-electron chi connectivity index (χ4n) is 2.18. The first-order valence-corrected chi connectivity index (χ1v) is 6.17. The minimum Gasteiger partial charge on any atom is -0.322 e. The summed E-state index contributed by atoms with van der Waals surface area (Å²) in [7, 11) is 0. The highest BCUT2D eigenvalue weighted by molar-refractivity contribution is 9.10. The number of carbonyl (C=O) groups is 1. The highest BCUT2D eigenvalue weighted by atomic mass is 79.9. The van der Waals surface area contributed by atoms with Crippen molar-refractivity contribution < 1.29 is 4.79 Å². The van der Waals surface area contributed by atoms with E-state index in [4.69, 9.17) is 0 Å². The van der Waals surface area contributed by atoms with Gasteiger partial charge in [-0.3, -0.25) is 4.79 Å². The van der Waals surface area contributed by atoms with Crippen molar-refractivity contribution in [3.8, 4) is 0 Å². The maximum absolute atomic E-state index is 11.3. The fourth-order valence-corrected chi connectivity index (χ4v) is 2.74. The maximum atomic E-state index is 11.3. The van der Waals surface area contributed by atoms with Crippen molar-refractivity contribution in [3.63, 3.8) is 0 Å². The molecule has 0 radical (unpaired) electrons. The van der Waals surface area contributed by atoms with Gasteiger partial charge in [-0.2, -0.15) is 0 Å². The molecule has 84 valence electrons. The van der Waals surface area contributed by atoms with Gasteiger partial charge in [-0.15, -0.1) is 0 Å². The van der Waals surface area contributed by atoms with E-state index < -0.39 is 0 Å². The van der Waals surface area contributed by atoms with Gasteiger partial charge in [-0.05, 0) is 55.0 Å². The SMILES string of the molecule is C=CC(=O)Nc1cc(C)c(Br)c2c1CCC2. The van der Waals surface area contributed by atoms with Gasteiger partial charge < -0.3 is 5.32 Å². The average Bonchev–Trinajstić information content (AvgIpc) is 2.74. The van der Waals surface area contributed by atoms with Crippen LogP contribution in [-0.4, -0.2) is 5.91 Å². The van der Waals surface area contributed by atoms with E-state index >= 15 is 0 Å². The van der Waals surface area contributed by atoms with Crippen LogP contribution < -0.4 is 5.32 Å². The molecule has 0 fully saturated rings. The van der Waals surface area contributed by atoms with E-state index in [1.807, 2.05) is 13.0 Å². The number of hydrogen-bond donors (Lipinski definition) is 1. The lowest BCUT2D eigenvalue weighted by Gasteiger charge is -2.13. The Morgan fingerprint density at radius 3 is 2.88 bits per heavy atom. The highest BCUT2D eigenvalue weighted by Crippen LogP contribution is 2.36. The van der Waals surface area contributed by atoms with Gasteiger partial charge in [-0.25, -0.2) is 0 Å². The van der Waals surface area contributed by atoms with Crippen LogP contribution in [0.5, 0.6) is 0 Å². The molecular formula is C13H14BrNO. The monoisotopic (exact) mass is 279 g/mol. The minimum atomic E-state index is -0.143. The zero-order valence-corrected chi connectivity index (χ0v) is 10.9. The molecule has 1 aliphatic carbocycles. The van der Waals surface area contributed by atoms with E-state index in [2.05, 4.69) is 27.8 Å². The molecule has 3 heteroatoms. The van der Waals surface area contributed by atoms with Crippen LogP contribution in [0.4, 0.5) is 5.69 Å². The molecule has 1 aromatic carbocycles. The molecule has 0 atom stereocenters. The third-order valence-corrected chi connectivity index (χ3v) is 4.06. The Kier molecular flexibility index (Phi) is 3.15. The van der Waals surface area contributed by atoms with Crippen molar-refractivity contribution in [3.05, 3.63) is 39.9 Å². The van der Waals surface area contributed by atoms with Crippen LogP contribution in [0.1, 0.15) is 23.1 Å². The molecular weight excluding hydrogens is 266 g/mol. The molecule has 1 aromatic rings. The van der Waals surface area contributed by atoms with Gasteiger partial charge in [0.15, 0.2) is 0 Å². The number of halogens is 1. The molecule has 0 aliphatic heterocycles. The average molecular weight is 280 g/mol. The fraction of sp³-hybridized carbons (Fsp3) is 0.308. The Balaban J connectivity index is 2.46. The summed E-state index contributed by atoms with van der Waals surface area (Å²) in [6, 6.07) is 2.02. The Bertz CT molecular complexity index is 465. The standard InChI is InChI=1S/C13H14BrNO/c1-3-12(16)15-11-7-8(2)13(14)10-6-4-5-9(10)11/h3,7H,1,4-6H2,2H3,(H,15,16). The van der Waals surface area contributed by atoms with Crippen molar-refractivity contribution in [2.45, 2.75) is 26.2 Å². The molecule has 0 aromatic heterocycles. The third kappa shape index (κ3) is 1.92. The smallest absolute Gasteiger partial charge is 0.247 e. The van der Waals surface area contributed by atoms with Gasteiger partial charge in [-0.1, -0.05) is 22.5 Å². The molecule has 1 amide bonds. The number of anilines is 1. The van der Waals surface area contributed by atoms with Crippen molar-refractivity contribution in [1.29, 1.82) is 0 Å². The summed E-state index contributed by atoms with van der Waals surface area (Å²) in [5.74, 6) is -0.143. The summed E-state index contributed by atoms with van der Waals surface area (Å²) in [6.07, 6.45) is 4.60. The molecule has 0 unspecified atom stereocenters.